The fourth-order valence-corrected chi connectivity index (χ4v) is 7.31. The predicted octanol–water partition coefficient (Wildman–Crippen LogP) is 4.93. The van der Waals surface area contributed by atoms with Gasteiger partial charge in [0.05, 0.1) is 38.6 Å². The van der Waals surface area contributed by atoms with Crippen LogP contribution in [0.15, 0.2) is 0 Å². The van der Waals surface area contributed by atoms with Gasteiger partial charge in [0.1, 0.15) is 9.49 Å². The summed E-state index contributed by atoms with van der Waals surface area (Å²) in [7, 11) is -6.84. The second-order valence-electron chi connectivity index (χ2n) is 10.4. The van der Waals surface area contributed by atoms with Crippen LogP contribution in [0.4, 0.5) is 0 Å². The van der Waals surface area contributed by atoms with Crippen molar-refractivity contribution in [2.45, 2.75) is 134 Å². The molecular weight excluding hydrogens is 508 g/mol. The molecule has 11 heteroatoms. The van der Waals surface area contributed by atoms with Crippen molar-refractivity contribution in [1.82, 2.24) is 0 Å². The molecule has 2 heterocycles. The van der Waals surface area contributed by atoms with Gasteiger partial charge < -0.3 is 14.2 Å². The van der Waals surface area contributed by atoms with Crippen molar-refractivity contribution in [2.75, 3.05) is 26.4 Å². The first-order valence-electron chi connectivity index (χ1n) is 12.6. The molecule has 36 heavy (non-hydrogen) atoms. The highest BCUT2D eigenvalue weighted by Crippen LogP contribution is 2.50. The summed E-state index contributed by atoms with van der Waals surface area (Å²) in [5.41, 5.74) is 0. The van der Waals surface area contributed by atoms with E-state index in [0.717, 1.165) is 38.5 Å². The lowest BCUT2D eigenvalue weighted by Crippen LogP contribution is -2.32. The maximum Gasteiger partial charge on any atom is 0.273 e. The zero-order chi connectivity index (χ0) is 25.1. The highest BCUT2D eigenvalue weighted by atomic mass is 32.2. The molecule has 0 N–H and O–H groups in total. The van der Waals surface area contributed by atoms with E-state index in [0.29, 0.717) is 45.5 Å². The molecule has 0 unspecified atom stereocenters. The zero-order valence-corrected chi connectivity index (χ0v) is 22.7. The number of hydrogen-bond donors (Lipinski definition) is 0. The molecule has 0 amide bonds. The molecule has 4 fully saturated rings. The van der Waals surface area contributed by atoms with Crippen molar-refractivity contribution >= 4 is 20.2 Å². The third-order valence-electron chi connectivity index (χ3n) is 6.82. The second kappa shape index (κ2) is 13.2. The number of rotatable bonds is 14. The van der Waals surface area contributed by atoms with E-state index in [1.807, 2.05) is 27.7 Å². The fourth-order valence-electron chi connectivity index (χ4n) is 4.15. The summed E-state index contributed by atoms with van der Waals surface area (Å²) in [4.78, 5) is 0. The van der Waals surface area contributed by atoms with Gasteiger partial charge in [-0.15, -0.1) is 0 Å². The van der Waals surface area contributed by atoms with Gasteiger partial charge in [0.2, 0.25) is 0 Å². The Kier molecular flexibility index (Phi) is 12.3. The largest absolute Gasteiger partial charge is 0.373 e. The zero-order valence-electron chi connectivity index (χ0n) is 21.0. The van der Waals surface area contributed by atoms with Gasteiger partial charge in [-0.1, -0.05) is 41.5 Å². The molecule has 2 aliphatic carbocycles. The lowest BCUT2D eigenvalue weighted by atomic mass is 10.2. The molecule has 0 aromatic carbocycles. The Morgan fingerprint density at radius 3 is 1.47 bits per heavy atom. The summed E-state index contributed by atoms with van der Waals surface area (Å²) in [6.45, 7) is 9.50. The lowest BCUT2D eigenvalue weighted by molar-refractivity contribution is -0.139. The van der Waals surface area contributed by atoms with Crippen LogP contribution in [0.2, 0.25) is 0 Å². The molecule has 0 aromatic heterocycles. The van der Waals surface area contributed by atoms with Crippen molar-refractivity contribution in [3.05, 3.63) is 0 Å². The van der Waals surface area contributed by atoms with E-state index >= 15 is 0 Å². The maximum absolute atomic E-state index is 12.2. The summed E-state index contributed by atoms with van der Waals surface area (Å²) in [5.74, 6) is -0.604. The first-order valence-corrected chi connectivity index (χ1v) is 15.4. The Bertz CT molecular complexity index is 871. The summed E-state index contributed by atoms with van der Waals surface area (Å²) >= 11 is 0. The van der Waals surface area contributed by atoms with Crippen LogP contribution in [0.25, 0.3) is 0 Å². The van der Waals surface area contributed by atoms with Crippen LogP contribution in [0, 0.1) is 0 Å². The van der Waals surface area contributed by atoms with Gasteiger partial charge in [-0.25, -0.2) is 0 Å². The van der Waals surface area contributed by atoms with Gasteiger partial charge in [0.15, 0.2) is 5.79 Å². The van der Waals surface area contributed by atoms with Crippen LogP contribution in [-0.2, 0) is 42.8 Å². The van der Waals surface area contributed by atoms with Crippen molar-refractivity contribution < 1.29 is 39.4 Å². The summed E-state index contributed by atoms with van der Waals surface area (Å²) in [5, 5.41) is 0. The van der Waals surface area contributed by atoms with Gasteiger partial charge in [-0.3, -0.25) is 8.37 Å². The highest BCUT2D eigenvalue weighted by Gasteiger charge is 2.58. The van der Waals surface area contributed by atoms with E-state index in [1.165, 1.54) is 0 Å². The van der Waals surface area contributed by atoms with Crippen LogP contribution in [0.5, 0.6) is 0 Å². The predicted molar refractivity (Wildman–Crippen MR) is 141 cm³/mol. The number of hydrogen-bond acceptors (Lipinski definition) is 9. The van der Waals surface area contributed by atoms with Crippen LogP contribution in [0.1, 0.15) is 107 Å². The standard InChI is InChI=1S/C13H24O5S.C10H18O4S.2CH4/c1-4-5-8-17-19(14,15)13(6-7-13)9-11-10-16-12(2,3)18-11;1-2-3-6-14-15(11,12)10(4-5-10)7-9-8-13-9;;/h11H,4-10H2,1-3H3;9H,2-8H2,1H3;2*1H4/t11-;9-;;/m11../s1. The maximum atomic E-state index is 12.2. The number of unbranched alkanes of at least 4 members (excludes halogenated alkanes) is 2. The fraction of sp³-hybridized carbons (Fsp3) is 1.00. The molecule has 2 atom stereocenters. The van der Waals surface area contributed by atoms with E-state index in [9.17, 15) is 16.8 Å². The Balaban J connectivity index is 0.000000349. The Morgan fingerprint density at radius 1 is 0.750 bits per heavy atom. The SMILES string of the molecule is C.C.CCCCOS(=O)(=O)C1(C[C@@H]2CO2)CC1.CCCCOS(=O)(=O)C1(C[C@@H]2COC(C)(C)O2)CC1. The van der Waals surface area contributed by atoms with Gasteiger partial charge in [0.25, 0.3) is 20.2 Å². The minimum absolute atomic E-state index is 0. The molecule has 4 aliphatic rings. The molecule has 4 rings (SSSR count). The van der Waals surface area contributed by atoms with Crippen molar-refractivity contribution in [1.29, 1.82) is 0 Å². The molecule has 2 saturated carbocycles. The van der Waals surface area contributed by atoms with Crippen molar-refractivity contribution in [3.8, 4) is 0 Å². The second-order valence-corrected chi connectivity index (χ2v) is 14.5. The van der Waals surface area contributed by atoms with Crippen LogP contribution in [0.3, 0.4) is 0 Å². The average Bonchev–Trinajstić information content (AvgIpc) is 3.62. The summed E-state index contributed by atoms with van der Waals surface area (Å²) < 4.78 is 73.3. The van der Waals surface area contributed by atoms with Crippen molar-refractivity contribution in [2.24, 2.45) is 0 Å². The lowest BCUT2D eigenvalue weighted by Gasteiger charge is -2.21. The van der Waals surface area contributed by atoms with E-state index in [2.05, 4.69) is 0 Å². The van der Waals surface area contributed by atoms with Gasteiger partial charge >= 0.3 is 0 Å². The average molecular weight is 559 g/mol. The molecular formula is C25H50O9S2. The molecule has 0 bridgehead atoms. The minimum atomic E-state index is -3.48. The van der Waals surface area contributed by atoms with Gasteiger partial charge in [-0.2, -0.15) is 16.8 Å². The first-order chi connectivity index (χ1) is 15.9. The molecule has 9 nitrogen and oxygen atoms in total. The van der Waals surface area contributed by atoms with Crippen LogP contribution >= 0.6 is 0 Å². The van der Waals surface area contributed by atoms with E-state index < -0.39 is 35.5 Å². The van der Waals surface area contributed by atoms with Crippen molar-refractivity contribution in [3.63, 3.8) is 0 Å². The Morgan fingerprint density at radius 2 is 1.17 bits per heavy atom. The minimum Gasteiger partial charge on any atom is -0.373 e. The van der Waals surface area contributed by atoms with Gasteiger partial charge in [-0.05, 0) is 65.2 Å². The monoisotopic (exact) mass is 558 g/mol. The molecule has 2 saturated heterocycles. The smallest absolute Gasteiger partial charge is 0.273 e. The summed E-state index contributed by atoms with van der Waals surface area (Å²) in [6, 6.07) is 0. The Hall–Kier alpha value is -0.300. The third kappa shape index (κ3) is 8.88. The highest BCUT2D eigenvalue weighted by molar-refractivity contribution is 7.88. The topological polar surface area (TPSA) is 118 Å². The third-order valence-corrected chi connectivity index (χ3v) is 11.0. The quantitative estimate of drug-likeness (QED) is 0.166. The van der Waals surface area contributed by atoms with E-state index in [1.54, 1.807) is 0 Å². The number of epoxide rings is 1. The van der Waals surface area contributed by atoms with E-state index in [4.69, 9.17) is 22.6 Å². The number of ether oxygens (including phenoxy) is 3. The first kappa shape index (κ1) is 33.7. The van der Waals surface area contributed by atoms with E-state index in [-0.39, 0.29) is 33.7 Å². The summed E-state index contributed by atoms with van der Waals surface area (Å²) in [6.07, 6.45) is 7.38. The van der Waals surface area contributed by atoms with Crippen LogP contribution < -0.4 is 0 Å². The molecule has 0 spiro atoms. The Labute approximate surface area is 220 Å². The molecule has 2 aliphatic heterocycles. The van der Waals surface area contributed by atoms with Crippen LogP contribution in [-0.4, -0.2) is 70.8 Å². The normalized spacial score (nSPS) is 26.6. The molecule has 0 aromatic rings. The molecule has 0 radical (unpaired) electrons. The molecule has 216 valence electrons. The van der Waals surface area contributed by atoms with Gasteiger partial charge in [0, 0.05) is 0 Å².